The molecule has 0 aliphatic rings. The number of carbonyl (C=O) groups is 1. The molecule has 28 heavy (non-hydrogen) atoms. The lowest BCUT2D eigenvalue weighted by molar-refractivity contribution is -0.385. The number of pyridine rings is 1. The molecule has 2 aromatic carbocycles. The monoisotopic (exact) mass is 386 g/mol. The molecular weight excluding hydrogens is 371 g/mol. The summed E-state index contributed by atoms with van der Waals surface area (Å²) in [7, 11) is 0. The summed E-state index contributed by atoms with van der Waals surface area (Å²) in [5.74, 6) is -1.59. The maximum atomic E-state index is 14.1. The number of nitrogens with zero attached hydrogens (tertiary/aromatic N) is 2. The first kappa shape index (κ1) is 19.0. The molecule has 1 N–H and O–H groups in total. The van der Waals surface area contributed by atoms with E-state index in [-0.39, 0.29) is 17.2 Å². The molecule has 0 fully saturated rings. The van der Waals surface area contributed by atoms with Crippen LogP contribution in [0.4, 0.5) is 10.1 Å². The van der Waals surface area contributed by atoms with Crippen molar-refractivity contribution in [3.05, 3.63) is 64.6 Å². The number of aromatic nitrogens is 1. The minimum absolute atomic E-state index is 0.176. The lowest BCUT2D eigenvalue weighted by Gasteiger charge is -2.21. The number of carboxylic acids is 1. The van der Waals surface area contributed by atoms with Gasteiger partial charge in [-0.05, 0) is 38.1 Å². The fourth-order valence-electron chi connectivity index (χ4n) is 2.40. The predicted molar refractivity (Wildman–Crippen MR) is 97.2 cm³/mol. The highest BCUT2D eigenvalue weighted by Gasteiger charge is 2.29. The lowest BCUT2D eigenvalue weighted by atomic mass is 10.1. The van der Waals surface area contributed by atoms with Crippen molar-refractivity contribution in [1.29, 1.82) is 0 Å². The molecule has 8 nitrogen and oxygen atoms in total. The van der Waals surface area contributed by atoms with Gasteiger partial charge in [0, 0.05) is 23.7 Å². The van der Waals surface area contributed by atoms with Gasteiger partial charge in [-0.3, -0.25) is 15.1 Å². The van der Waals surface area contributed by atoms with E-state index in [9.17, 15) is 19.3 Å². The number of non-ortho nitro benzene ring substituents is 1. The number of ether oxygens (including phenoxy) is 2. The van der Waals surface area contributed by atoms with Crippen molar-refractivity contribution in [2.45, 2.75) is 19.4 Å². The van der Waals surface area contributed by atoms with Crippen molar-refractivity contribution in [3.8, 4) is 17.2 Å². The van der Waals surface area contributed by atoms with Crippen molar-refractivity contribution < 1.29 is 28.7 Å². The van der Waals surface area contributed by atoms with Gasteiger partial charge in [-0.25, -0.2) is 9.18 Å². The zero-order valence-electron chi connectivity index (χ0n) is 14.9. The van der Waals surface area contributed by atoms with E-state index >= 15 is 0 Å². The summed E-state index contributed by atoms with van der Waals surface area (Å²) in [5.41, 5.74) is -1.37. The lowest BCUT2D eigenvalue weighted by Crippen LogP contribution is -2.37. The van der Waals surface area contributed by atoms with E-state index in [0.717, 1.165) is 12.1 Å². The summed E-state index contributed by atoms with van der Waals surface area (Å²) >= 11 is 0. The number of halogens is 1. The third-order valence-electron chi connectivity index (χ3n) is 3.91. The van der Waals surface area contributed by atoms with Crippen molar-refractivity contribution in [2.75, 3.05) is 0 Å². The van der Waals surface area contributed by atoms with Crippen LogP contribution in [0.3, 0.4) is 0 Å². The molecule has 1 heterocycles. The number of carboxylic acid groups (broad SMARTS) is 1. The van der Waals surface area contributed by atoms with E-state index in [2.05, 4.69) is 4.98 Å². The smallest absolute Gasteiger partial charge is 0.347 e. The number of nitro groups is 1. The zero-order chi connectivity index (χ0) is 20.5. The molecule has 9 heteroatoms. The molecule has 0 saturated heterocycles. The van der Waals surface area contributed by atoms with Crippen LogP contribution in [-0.4, -0.2) is 26.6 Å². The van der Waals surface area contributed by atoms with Crippen LogP contribution < -0.4 is 9.47 Å². The Kier molecular flexibility index (Phi) is 4.83. The van der Waals surface area contributed by atoms with Gasteiger partial charge < -0.3 is 14.6 Å². The second-order valence-corrected chi connectivity index (χ2v) is 6.38. The fraction of sp³-hybridized carbons (Fsp3) is 0.158. The SMILES string of the molecule is CC(C)(Oc1ccc2c(Oc3ccc([N+](=O)[O-])cc3F)ccnc2c1)C(=O)O. The maximum absolute atomic E-state index is 14.1. The van der Waals surface area contributed by atoms with Crippen LogP contribution in [0.5, 0.6) is 17.2 Å². The van der Waals surface area contributed by atoms with E-state index < -0.39 is 22.3 Å². The molecule has 3 rings (SSSR count). The predicted octanol–water partition coefficient (Wildman–Crippen LogP) is 4.32. The average Bonchev–Trinajstić information content (AvgIpc) is 2.62. The zero-order valence-corrected chi connectivity index (χ0v) is 14.9. The Morgan fingerprint density at radius 2 is 1.93 bits per heavy atom. The molecule has 0 spiro atoms. The van der Waals surface area contributed by atoms with Gasteiger partial charge in [-0.15, -0.1) is 0 Å². The Morgan fingerprint density at radius 1 is 1.18 bits per heavy atom. The molecule has 3 aromatic rings. The minimum Gasteiger partial charge on any atom is -0.478 e. The summed E-state index contributed by atoms with van der Waals surface area (Å²) in [6.07, 6.45) is 1.44. The summed E-state index contributed by atoms with van der Waals surface area (Å²) in [6.45, 7) is 2.84. The number of fused-ring (bicyclic) bond motifs is 1. The first-order chi connectivity index (χ1) is 13.2. The van der Waals surface area contributed by atoms with Gasteiger partial charge in [0.05, 0.1) is 16.5 Å². The van der Waals surface area contributed by atoms with E-state index in [1.54, 1.807) is 18.2 Å². The van der Waals surface area contributed by atoms with Crippen molar-refractivity contribution >= 4 is 22.6 Å². The Hall–Kier alpha value is -3.75. The largest absolute Gasteiger partial charge is 0.478 e. The molecule has 0 amide bonds. The van der Waals surface area contributed by atoms with E-state index in [1.807, 2.05) is 0 Å². The molecule has 0 atom stereocenters. The summed E-state index contributed by atoms with van der Waals surface area (Å²) in [6, 6.07) is 9.30. The Labute approximate surface area is 158 Å². The quantitative estimate of drug-likeness (QED) is 0.496. The first-order valence-electron chi connectivity index (χ1n) is 8.10. The van der Waals surface area contributed by atoms with Crippen LogP contribution in [-0.2, 0) is 4.79 Å². The Morgan fingerprint density at radius 3 is 2.57 bits per heavy atom. The molecule has 0 bridgehead atoms. The first-order valence-corrected chi connectivity index (χ1v) is 8.10. The number of hydrogen-bond donors (Lipinski definition) is 1. The van der Waals surface area contributed by atoms with Crippen LogP contribution in [0, 0.1) is 15.9 Å². The van der Waals surface area contributed by atoms with Crippen molar-refractivity contribution in [1.82, 2.24) is 4.98 Å². The summed E-state index contributed by atoms with van der Waals surface area (Å²) in [4.78, 5) is 25.4. The van der Waals surface area contributed by atoms with Gasteiger partial charge in [0.2, 0.25) is 0 Å². The number of rotatable bonds is 6. The van der Waals surface area contributed by atoms with Gasteiger partial charge >= 0.3 is 5.97 Å². The number of hydrogen-bond acceptors (Lipinski definition) is 6. The summed E-state index contributed by atoms with van der Waals surface area (Å²) in [5, 5.41) is 20.4. The van der Waals surface area contributed by atoms with Gasteiger partial charge in [0.1, 0.15) is 11.5 Å². The van der Waals surface area contributed by atoms with Gasteiger partial charge in [-0.2, -0.15) is 0 Å². The highest BCUT2D eigenvalue weighted by Crippen LogP contribution is 2.33. The number of benzene rings is 2. The second-order valence-electron chi connectivity index (χ2n) is 6.38. The molecule has 0 saturated carbocycles. The fourth-order valence-corrected chi connectivity index (χ4v) is 2.40. The average molecular weight is 386 g/mol. The van der Waals surface area contributed by atoms with Crippen LogP contribution in [0.2, 0.25) is 0 Å². The van der Waals surface area contributed by atoms with Crippen LogP contribution in [0.1, 0.15) is 13.8 Å². The second kappa shape index (κ2) is 7.10. The van der Waals surface area contributed by atoms with Crippen molar-refractivity contribution in [3.63, 3.8) is 0 Å². The number of nitro benzene ring substituents is 1. The maximum Gasteiger partial charge on any atom is 0.347 e. The van der Waals surface area contributed by atoms with Crippen LogP contribution >= 0.6 is 0 Å². The highest BCUT2D eigenvalue weighted by atomic mass is 19.1. The van der Waals surface area contributed by atoms with E-state index in [4.69, 9.17) is 14.6 Å². The molecule has 0 aliphatic carbocycles. The molecule has 0 aliphatic heterocycles. The molecular formula is C19H15FN2O6. The van der Waals surface area contributed by atoms with E-state index in [1.165, 1.54) is 32.2 Å². The number of aliphatic carboxylic acids is 1. The van der Waals surface area contributed by atoms with Crippen LogP contribution in [0.15, 0.2) is 48.7 Å². The third kappa shape index (κ3) is 3.83. The van der Waals surface area contributed by atoms with Crippen molar-refractivity contribution in [2.24, 2.45) is 0 Å². The standard InChI is InChI=1S/C19H15FN2O6/c1-19(2,18(23)24)28-12-4-5-13-15(10-12)21-8-7-16(13)27-17-6-3-11(22(25)26)9-14(17)20/h3-10H,1-2H3,(H,23,24). The molecule has 0 unspecified atom stereocenters. The topological polar surface area (TPSA) is 112 Å². The van der Waals surface area contributed by atoms with Gasteiger partial charge in [0.25, 0.3) is 5.69 Å². The highest BCUT2D eigenvalue weighted by molar-refractivity contribution is 5.86. The van der Waals surface area contributed by atoms with Crippen LogP contribution in [0.25, 0.3) is 10.9 Å². The molecule has 0 radical (unpaired) electrons. The van der Waals surface area contributed by atoms with Gasteiger partial charge in [-0.1, -0.05) is 0 Å². The van der Waals surface area contributed by atoms with Gasteiger partial charge in [0.15, 0.2) is 17.2 Å². The van der Waals surface area contributed by atoms with E-state index in [0.29, 0.717) is 16.7 Å². The Balaban J connectivity index is 1.93. The molecule has 1 aromatic heterocycles. The summed E-state index contributed by atoms with van der Waals surface area (Å²) < 4.78 is 25.1. The Bertz CT molecular complexity index is 1080. The normalized spacial score (nSPS) is 11.2. The third-order valence-corrected chi connectivity index (χ3v) is 3.91. The molecule has 144 valence electrons. The minimum atomic E-state index is -1.43.